The van der Waals surface area contributed by atoms with Gasteiger partial charge in [0.05, 0.1) is 11.4 Å². The molecule has 43 heavy (non-hydrogen) atoms. The van der Waals surface area contributed by atoms with E-state index in [-0.39, 0.29) is 22.6 Å². The van der Waals surface area contributed by atoms with Crippen LogP contribution in [-0.4, -0.2) is 25.8 Å². The monoisotopic (exact) mass is 623 g/mol. The van der Waals surface area contributed by atoms with E-state index in [4.69, 9.17) is 10.2 Å². The summed E-state index contributed by atoms with van der Waals surface area (Å²) in [6.45, 7) is 1.63. The molecule has 1 unspecified atom stereocenters. The summed E-state index contributed by atoms with van der Waals surface area (Å²) in [5, 5.41) is 21.6. The maximum absolute atomic E-state index is 15.1. The smallest absolute Gasteiger partial charge is 0.355 e. The second-order valence-corrected chi connectivity index (χ2v) is 12.6. The first-order chi connectivity index (χ1) is 20.6. The number of aromatic carboxylic acids is 1. The van der Waals surface area contributed by atoms with Gasteiger partial charge in [0, 0.05) is 28.5 Å². The van der Waals surface area contributed by atoms with Crippen LogP contribution in [0.3, 0.4) is 0 Å². The van der Waals surface area contributed by atoms with Crippen LogP contribution >= 0.6 is 11.3 Å². The zero-order valence-electron chi connectivity index (χ0n) is 22.9. The molecule has 5 aromatic rings. The Morgan fingerprint density at radius 3 is 2.47 bits per heavy atom. The van der Waals surface area contributed by atoms with Gasteiger partial charge in [-0.1, -0.05) is 22.4 Å². The number of rotatable bonds is 9. The van der Waals surface area contributed by atoms with Gasteiger partial charge in [-0.2, -0.15) is 5.10 Å². The predicted molar refractivity (Wildman–Crippen MR) is 159 cm³/mol. The molecule has 0 bridgehead atoms. The minimum absolute atomic E-state index is 0.0784. The van der Waals surface area contributed by atoms with Gasteiger partial charge in [0.15, 0.2) is 22.5 Å². The number of aromatic nitrogens is 3. The molecule has 12 heteroatoms. The molecule has 1 atom stereocenters. The molecule has 2 heterocycles. The van der Waals surface area contributed by atoms with Gasteiger partial charge in [-0.15, -0.1) is 16.5 Å². The van der Waals surface area contributed by atoms with Gasteiger partial charge in [-0.05, 0) is 85.2 Å². The van der Waals surface area contributed by atoms with Crippen molar-refractivity contribution in [3.8, 4) is 27.5 Å². The summed E-state index contributed by atoms with van der Waals surface area (Å²) in [7, 11) is -2.36. The van der Waals surface area contributed by atoms with Crippen LogP contribution in [0.1, 0.15) is 45.7 Å². The van der Waals surface area contributed by atoms with Crippen LogP contribution in [0.15, 0.2) is 64.9 Å². The van der Waals surface area contributed by atoms with Crippen molar-refractivity contribution in [1.82, 2.24) is 14.8 Å². The molecule has 3 N–H and O–H groups in total. The van der Waals surface area contributed by atoms with Crippen molar-refractivity contribution in [3.05, 3.63) is 106 Å². The summed E-state index contributed by atoms with van der Waals surface area (Å²) in [5.74, 6) is -2.45. The lowest BCUT2D eigenvalue weighted by atomic mass is 9.94. The van der Waals surface area contributed by atoms with Gasteiger partial charge >= 0.3 is 5.97 Å². The fraction of sp³-hybridized carbons (Fsp3) is 0.194. The summed E-state index contributed by atoms with van der Waals surface area (Å²) in [6, 6.07) is 13.3. The molecule has 2 aromatic heterocycles. The number of carbonyl (C=O) groups is 1. The Kier molecular flexibility index (Phi) is 7.75. The maximum atomic E-state index is 15.1. The van der Waals surface area contributed by atoms with Crippen LogP contribution in [0, 0.1) is 30.3 Å². The van der Waals surface area contributed by atoms with E-state index in [1.165, 1.54) is 29.6 Å². The SMILES string of the molecule is Cc1ccc(-c2cc(-c3nn(-c4nc(C(=O)O)cs4)c(CC4CC4)c3Cc3ccc([SH+](N)=O)c(F)c3)ccc2F)cc1F. The molecular formula is C31H26F3N4O3S2+. The molecule has 7 nitrogen and oxygen atoms in total. The van der Waals surface area contributed by atoms with Gasteiger partial charge in [0.1, 0.15) is 11.6 Å². The Morgan fingerprint density at radius 2 is 1.81 bits per heavy atom. The molecule has 0 amide bonds. The lowest BCUT2D eigenvalue weighted by Gasteiger charge is -2.10. The van der Waals surface area contributed by atoms with Crippen molar-refractivity contribution in [1.29, 1.82) is 0 Å². The molecule has 1 fully saturated rings. The Labute approximate surface area is 251 Å². The normalized spacial score (nSPS) is 13.8. The van der Waals surface area contributed by atoms with Crippen molar-refractivity contribution in [2.24, 2.45) is 11.1 Å². The van der Waals surface area contributed by atoms with Crippen LogP contribution < -0.4 is 5.14 Å². The Hall–Kier alpha value is -4.13. The zero-order chi connectivity index (χ0) is 30.4. The lowest BCUT2D eigenvalue weighted by molar-refractivity contribution is 0.0691. The van der Waals surface area contributed by atoms with Gasteiger partial charge in [0.2, 0.25) is 10.0 Å². The highest BCUT2D eigenvalue weighted by Crippen LogP contribution is 2.39. The van der Waals surface area contributed by atoms with E-state index >= 15 is 4.39 Å². The number of nitrogens with two attached hydrogens (primary N) is 1. The molecule has 1 aliphatic rings. The van der Waals surface area contributed by atoms with Crippen LogP contribution in [0.5, 0.6) is 0 Å². The van der Waals surface area contributed by atoms with Gasteiger partial charge in [-0.3, -0.25) is 0 Å². The van der Waals surface area contributed by atoms with Crippen LogP contribution in [-0.2, 0) is 28.0 Å². The highest BCUT2D eigenvalue weighted by atomic mass is 32.2. The van der Waals surface area contributed by atoms with Crippen molar-refractivity contribution < 1.29 is 27.3 Å². The maximum Gasteiger partial charge on any atom is 0.355 e. The molecule has 6 rings (SSSR count). The second kappa shape index (κ2) is 11.5. The summed E-state index contributed by atoms with van der Waals surface area (Å²) < 4.78 is 57.7. The van der Waals surface area contributed by atoms with Crippen LogP contribution in [0.25, 0.3) is 27.5 Å². The third kappa shape index (κ3) is 5.90. The number of nitrogens with zero attached hydrogens (tertiary/aromatic N) is 3. The number of aryl methyl sites for hydroxylation is 1. The number of thiol groups is 1. The standard InChI is InChI=1S/C31H25F3N4O3S2/c1-16-2-6-19(14-24(16)33)21-13-20(7-8-23(21)32)29-22(10-18-5-9-28(43(35)41)25(34)11-18)27(12-17-3-4-17)38(37-29)31-36-26(15-42-31)30(39)40/h2,5-9,11,13-15,17H,3-4,10,12H2,1H3,(H2,35,41)(H,39,40)/p+1. The number of hydrogen-bond donors (Lipinski definition) is 2. The largest absolute Gasteiger partial charge is 0.476 e. The molecule has 0 spiro atoms. The molecule has 0 aliphatic heterocycles. The van der Waals surface area contributed by atoms with Crippen LogP contribution in [0.4, 0.5) is 13.2 Å². The minimum Gasteiger partial charge on any atom is -0.476 e. The first-order valence-corrected chi connectivity index (χ1v) is 15.7. The van der Waals surface area contributed by atoms with Crippen molar-refractivity contribution >= 4 is 28.3 Å². The first kappa shape index (κ1) is 29.0. The summed E-state index contributed by atoms with van der Waals surface area (Å²) in [6.07, 6.45) is 2.88. The number of carboxylic acids is 1. The van der Waals surface area contributed by atoms with E-state index < -0.39 is 34.4 Å². The summed E-state index contributed by atoms with van der Waals surface area (Å²) >= 11 is 1.13. The van der Waals surface area contributed by atoms with Gasteiger partial charge in [-0.25, -0.2) is 27.6 Å². The van der Waals surface area contributed by atoms with E-state index in [0.717, 1.165) is 35.4 Å². The molecule has 3 aromatic carbocycles. The summed E-state index contributed by atoms with van der Waals surface area (Å²) in [5.41, 5.74) is 3.98. The fourth-order valence-electron chi connectivity index (χ4n) is 5.02. The molecular weight excluding hydrogens is 597 g/mol. The number of carboxylic acid groups (broad SMARTS) is 1. The number of thiazole rings is 1. The average molecular weight is 624 g/mol. The van der Waals surface area contributed by atoms with E-state index in [2.05, 4.69) is 4.98 Å². The molecule has 220 valence electrons. The van der Waals surface area contributed by atoms with E-state index in [1.54, 1.807) is 41.9 Å². The third-order valence-corrected chi connectivity index (χ3v) is 9.17. The Balaban J connectivity index is 1.54. The minimum atomic E-state index is -2.36. The fourth-order valence-corrected chi connectivity index (χ4v) is 6.29. The topological polar surface area (TPSA) is 111 Å². The Morgan fingerprint density at radius 1 is 1.05 bits per heavy atom. The van der Waals surface area contributed by atoms with Crippen molar-refractivity contribution in [2.75, 3.05) is 0 Å². The zero-order valence-corrected chi connectivity index (χ0v) is 24.6. The molecule has 0 saturated heterocycles. The first-order valence-electron chi connectivity index (χ1n) is 13.5. The van der Waals surface area contributed by atoms with E-state index in [0.29, 0.717) is 45.4 Å². The molecule has 1 aliphatic carbocycles. The van der Waals surface area contributed by atoms with Gasteiger partial charge < -0.3 is 5.11 Å². The predicted octanol–water partition coefficient (Wildman–Crippen LogP) is 6.56. The molecule has 1 saturated carbocycles. The molecule has 0 radical (unpaired) electrons. The second-order valence-electron chi connectivity index (χ2n) is 10.6. The number of hydrogen-bond acceptors (Lipinski definition) is 5. The highest BCUT2D eigenvalue weighted by Gasteiger charge is 2.30. The lowest BCUT2D eigenvalue weighted by Crippen LogP contribution is -2.07. The van der Waals surface area contributed by atoms with E-state index in [1.807, 2.05) is 0 Å². The Bertz CT molecular complexity index is 1920. The quantitative estimate of drug-likeness (QED) is 0.143. The average Bonchev–Trinajstić information content (AvgIpc) is 3.53. The summed E-state index contributed by atoms with van der Waals surface area (Å²) in [4.78, 5) is 15.8. The van der Waals surface area contributed by atoms with Crippen molar-refractivity contribution in [3.63, 3.8) is 0 Å². The van der Waals surface area contributed by atoms with Gasteiger partial charge in [0.25, 0.3) is 0 Å². The van der Waals surface area contributed by atoms with E-state index in [9.17, 15) is 22.9 Å². The number of benzene rings is 3. The highest BCUT2D eigenvalue weighted by molar-refractivity contribution is 7.82. The third-order valence-electron chi connectivity index (χ3n) is 7.51. The van der Waals surface area contributed by atoms with Crippen LogP contribution in [0.2, 0.25) is 0 Å². The van der Waals surface area contributed by atoms with Crippen molar-refractivity contribution in [2.45, 2.75) is 37.5 Å². The number of halogens is 3.